The molecule has 0 saturated heterocycles. The summed E-state index contributed by atoms with van der Waals surface area (Å²) in [5.74, 6) is 0.167. The van der Waals surface area contributed by atoms with Gasteiger partial charge >= 0.3 is 0 Å². The average Bonchev–Trinajstić information content (AvgIpc) is 3.29. The molecule has 0 fully saturated rings. The van der Waals surface area contributed by atoms with E-state index >= 15 is 0 Å². The van der Waals surface area contributed by atoms with Crippen LogP contribution in [0.3, 0.4) is 0 Å². The Morgan fingerprint density at radius 1 is 0.962 bits per heavy atom. The van der Waals surface area contributed by atoms with Gasteiger partial charge in [0.15, 0.2) is 0 Å². The molecule has 3 heterocycles. The molecule has 0 aliphatic carbocycles. The third kappa shape index (κ3) is 2.21. The fraction of sp³-hybridized carbons (Fsp3) is 0.0476. The third-order valence-corrected chi connectivity index (χ3v) is 5.55. The molecule has 5 heteroatoms. The zero-order valence-electron chi connectivity index (χ0n) is 13.9. The highest BCUT2D eigenvalue weighted by Crippen LogP contribution is 2.39. The summed E-state index contributed by atoms with van der Waals surface area (Å²) < 4.78 is 6.37. The molecule has 1 N–H and O–H groups in total. The van der Waals surface area contributed by atoms with Gasteiger partial charge in [0, 0.05) is 16.5 Å². The third-order valence-electron chi connectivity index (χ3n) is 4.64. The monoisotopic (exact) mass is 358 g/mol. The molecule has 4 nitrogen and oxygen atoms in total. The van der Waals surface area contributed by atoms with Crippen molar-refractivity contribution in [1.29, 1.82) is 0 Å². The summed E-state index contributed by atoms with van der Waals surface area (Å²) in [7, 11) is 0. The largest absolute Gasteiger partial charge is 0.506 e. The Morgan fingerprint density at radius 3 is 2.73 bits per heavy atom. The van der Waals surface area contributed by atoms with E-state index in [4.69, 9.17) is 4.42 Å². The number of hydrogen-bond acceptors (Lipinski definition) is 5. The second-order valence-corrected chi connectivity index (χ2v) is 7.11. The molecule has 2 aromatic carbocycles. The van der Waals surface area contributed by atoms with Gasteiger partial charge in [-0.3, -0.25) is 0 Å². The van der Waals surface area contributed by atoms with Crippen molar-refractivity contribution in [3.8, 4) is 28.1 Å². The summed E-state index contributed by atoms with van der Waals surface area (Å²) in [6.07, 6.45) is 1.57. The van der Waals surface area contributed by atoms with E-state index in [0.29, 0.717) is 22.2 Å². The molecule has 0 spiro atoms. The second-order valence-electron chi connectivity index (χ2n) is 6.20. The predicted octanol–water partition coefficient (Wildman–Crippen LogP) is 5.79. The van der Waals surface area contributed by atoms with Crippen molar-refractivity contribution in [2.75, 3.05) is 0 Å². The van der Waals surface area contributed by atoms with Gasteiger partial charge in [-0.25, -0.2) is 0 Å². The molecule has 0 unspecified atom stereocenters. The Hall–Kier alpha value is -3.18. The molecule has 0 atom stereocenters. The van der Waals surface area contributed by atoms with E-state index in [0.717, 1.165) is 15.8 Å². The number of aromatic hydroxyl groups is 1. The fourth-order valence-electron chi connectivity index (χ4n) is 3.26. The summed E-state index contributed by atoms with van der Waals surface area (Å²) in [4.78, 5) is 0. The first-order valence-electron chi connectivity index (χ1n) is 8.23. The number of aromatic nitrogens is 2. The van der Waals surface area contributed by atoms with Gasteiger partial charge in [-0.15, -0.1) is 21.5 Å². The predicted molar refractivity (Wildman–Crippen MR) is 104 cm³/mol. The topological polar surface area (TPSA) is 59.2 Å². The SMILES string of the molecule is Cc1ccccc1-c1csc2cc(-c3ccc4occc4c3O)nnc12. The highest BCUT2D eigenvalue weighted by atomic mass is 32.1. The van der Waals surface area contributed by atoms with E-state index in [1.807, 2.05) is 30.3 Å². The zero-order valence-corrected chi connectivity index (χ0v) is 14.7. The summed E-state index contributed by atoms with van der Waals surface area (Å²) in [6, 6.07) is 15.6. The van der Waals surface area contributed by atoms with Crippen LogP contribution in [0, 0.1) is 6.92 Å². The van der Waals surface area contributed by atoms with Crippen molar-refractivity contribution in [2.45, 2.75) is 6.92 Å². The van der Waals surface area contributed by atoms with Gasteiger partial charge in [-0.05, 0) is 42.3 Å². The van der Waals surface area contributed by atoms with Crippen LogP contribution >= 0.6 is 11.3 Å². The van der Waals surface area contributed by atoms with E-state index < -0.39 is 0 Å². The first kappa shape index (κ1) is 15.1. The number of rotatable bonds is 2. The number of thiophene rings is 1. The van der Waals surface area contributed by atoms with Crippen LogP contribution in [-0.4, -0.2) is 15.3 Å². The molecule has 3 aromatic heterocycles. The normalized spacial score (nSPS) is 11.4. The Labute approximate surface area is 153 Å². The van der Waals surface area contributed by atoms with Gasteiger partial charge in [0.1, 0.15) is 16.8 Å². The van der Waals surface area contributed by atoms with Crippen molar-refractivity contribution < 1.29 is 9.52 Å². The number of furan rings is 1. The van der Waals surface area contributed by atoms with Crippen LogP contribution in [-0.2, 0) is 0 Å². The second kappa shape index (κ2) is 5.68. The van der Waals surface area contributed by atoms with Gasteiger partial charge < -0.3 is 9.52 Å². The highest BCUT2D eigenvalue weighted by Gasteiger charge is 2.15. The summed E-state index contributed by atoms with van der Waals surface area (Å²) in [5.41, 5.74) is 6.31. The Morgan fingerprint density at radius 2 is 1.85 bits per heavy atom. The zero-order chi connectivity index (χ0) is 17.7. The highest BCUT2D eigenvalue weighted by molar-refractivity contribution is 7.17. The molecule has 5 aromatic rings. The molecule has 126 valence electrons. The number of nitrogens with zero attached hydrogens (tertiary/aromatic N) is 2. The lowest BCUT2D eigenvalue weighted by Crippen LogP contribution is -1.90. The number of benzene rings is 2. The van der Waals surface area contributed by atoms with Crippen molar-refractivity contribution in [3.05, 3.63) is 65.7 Å². The molecule has 0 bridgehead atoms. The molecule has 26 heavy (non-hydrogen) atoms. The number of aryl methyl sites for hydroxylation is 1. The van der Waals surface area contributed by atoms with E-state index in [-0.39, 0.29) is 5.75 Å². The lowest BCUT2D eigenvalue weighted by Gasteiger charge is -2.06. The van der Waals surface area contributed by atoms with Gasteiger partial charge in [0.25, 0.3) is 0 Å². The van der Waals surface area contributed by atoms with E-state index in [1.165, 1.54) is 11.1 Å². The summed E-state index contributed by atoms with van der Waals surface area (Å²) >= 11 is 1.63. The van der Waals surface area contributed by atoms with E-state index in [1.54, 1.807) is 23.7 Å². The van der Waals surface area contributed by atoms with Crippen molar-refractivity contribution in [1.82, 2.24) is 10.2 Å². The van der Waals surface area contributed by atoms with Gasteiger partial charge in [0.05, 0.1) is 22.0 Å². The maximum Gasteiger partial charge on any atom is 0.137 e. The van der Waals surface area contributed by atoms with E-state index in [2.05, 4.69) is 34.6 Å². The minimum atomic E-state index is 0.167. The molecule has 5 rings (SSSR count). The maximum absolute atomic E-state index is 10.6. The van der Waals surface area contributed by atoms with Crippen LogP contribution in [0.1, 0.15) is 5.56 Å². The van der Waals surface area contributed by atoms with Crippen LogP contribution in [0.5, 0.6) is 5.75 Å². The first-order valence-corrected chi connectivity index (χ1v) is 9.11. The number of phenols is 1. The summed E-state index contributed by atoms with van der Waals surface area (Å²) in [6.45, 7) is 2.10. The number of fused-ring (bicyclic) bond motifs is 2. The van der Waals surface area contributed by atoms with Crippen molar-refractivity contribution in [3.63, 3.8) is 0 Å². The lowest BCUT2D eigenvalue weighted by molar-refractivity contribution is 0.483. The smallest absolute Gasteiger partial charge is 0.137 e. The van der Waals surface area contributed by atoms with Crippen LogP contribution < -0.4 is 0 Å². The summed E-state index contributed by atoms with van der Waals surface area (Å²) in [5, 5.41) is 22.2. The maximum atomic E-state index is 10.6. The standard InChI is InChI=1S/C21H14N2O2S/c1-12-4-2-3-5-13(12)16-11-26-19-10-17(22-23-20(16)19)14-6-7-18-15(21(14)24)8-9-25-18/h2-11,24H,1H3. The van der Waals surface area contributed by atoms with Crippen LogP contribution in [0.25, 0.3) is 43.6 Å². The van der Waals surface area contributed by atoms with Crippen molar-refractivity contribution in [2.24, 2.45) is 0 Å². The molecule has 0 radical (unpaired) electrons. The van der Waals surface area contributed by atoms with E-state index in [9.17, 15) is 5.11 Å². The molecular formula is C21H14N2O2S. The van der Waals surface area contributed by atoms with Crippen molar-refractivity contribution >= 4 is 32.5 Å². The molecule has 0 amide bonds. The van der Waals surface area contributed by atoms with Crippen LogP contribution in [0.4, 0.5) is 0 Å². The minimum absolute atomic E-state index is 0.167. The van der Waals surface area contributed by atoms with Crippen LogP contribution in [0.15, 0.2) is 64.6 Å². The number of phenolic OH excluding ortho intramolecular Hbond substituents is 1. The number of hydrogen-bond donors (Lipinski definition) is 1. The molecule has 0 aliphatic rings. The Kier molecular flexibility index (Phi) is 3.30. The molecule has 0 aliphatic heterocycles. The molecular weight excluding hydrogens is 344 g/mol. The average molecular weight is 358 g/mol. The molecule has 0 saturated carbocycles. The van der Waals surface area contributed by atoms with Gasteiger partial charge in [0.2, 0.25) is 0 Å². The quantitative estimate of drug-likeness (QED) is 0.434. The fourth-order valence-corrected chi connectivity index (χ4v) is 4.19. The van der Waals surface area contributed by atoms with Gasteiger partial charge in [-0.1, -0.05) is 24.3 Å². The first-order chi connectivity index (χ1) is 12.7. The lowest BCUT2D eigenvalue weighted by atomic mass is 10.0. The van der Waals surface area contributed by atoms with Gasteiger partial charge in [-0.2, -0.15) is 0 Å². The Bertz CT molecular complexity index is 1270. The Balaban J connectivity index is 1.67. The minimum Gasteiger partial charge on any atom is -0.506 e. The van der Waals surface area contributed by atoms with Crippen LogP contribution in [0.2, 0.25) is 0 Å².